The fraction of sp³-hybridized carbons (Fsp3) is 0.346. The monoisotopic (exact) mass is 476 g/mol. The summed E-state index contributed by atoms with van der Waals surface area (Å²) in [4.78, 5) is 22.9. The molecule has 0 unspecified atom stereocenters. The molecule has 9 nitrogen and oxygen atoms in total. The third-order valence-electron chi connectivity index (χ3n) is 5.64. The van der Waals surface area contributed by atoms with Crippen LogP contribution in [0.1, 0.15) is 13.8 Å². The van der Waals surface area contributed by atoms with E-state index < -0.39 is 0 Å². The lowest BCUT2D eigenvalue weighted by molar-refractivity contribution is -0.124. The van der Waals surface area contributed by atoms with E-state index in [2.05, 4.69) is 37.6 Å². The summed E-state index contributed by atoms with van der Waals surface area (Å²) < 4.78 is 11.1. The van der Waals surface area contributed by atoms with Crippen LogP contribution < -0.4 is 26.0 Å². The van der Waals surface area contributed by atoms with Crippen LogP contribution in [0, 0.1) is 5.92 Å². The molecule has 1 aliphatic heterocycles. The highest BCUT2D eigenvalue weighted by Crippen LogP contribution is 2.28. The van der Waals surface area contributed by atoms with Gasteiger partial charge in [-0.15, -0.1) is 0 Å². The molecule has 0 radical (unpaired) electrons. The zero-order valence-corrected chi connectivity index (χ0v) is 20.2. The van der Waals surface area contributed by atoms with Crippen LogP contribution in [0.25, 0.3) is 11.3 Å². The third kappa shape index (κ3) is 6.60. The number of nitrogens with zero attached hydrogens (tertiary/aromatic N) is 3. The molecule has 1 aliphatic rings. The molecule has 35 heavy (non-hydrogen) atoms. The van der Waals surface area contributed by atoms with Gasteiger partial charge >= 0.3 is 0 Å². The van der Waals surface area contributed by atoms with E-state index in [1.165, 1.54) is 5.69 Å². The Hall–Kier alpha value is -3.85. The van der Waals surface area contributed by atoms with E-state index in [-0.39, 0.29) is 11.8 Å². The van der Waals surface area contributed by atoms with Crippen molar-refractivity contribution in [3.8, 4) is 17.0 Å². The highest BCUT2D eigenvalue weighted by atomic mass is 16.5. The normalized spacial score (nSPS) is 13.5. The predicted octanol–water partition coefficient (Wildman–Crippen LogP) is 3.46. The van der Waals surface area contributed by atoms with Gasteiger partial charge < -0.3 is 30.7 Å². The van der Waals surface area contributed by atoms with Crippen LogP contribution in [0.3, 0.4) is 0 Å². The Bertz CT molecular complexity index is 1130. The van der Waals surface area contributed by atoms with Gasteiger partial charge in [-0.1, -0.05) is 13.8 Å². The van der Waals surface area contributed by atoms with E-state index in [4.69, 9.17) is 15.2 Å². The van der Waals surface area contributed by atoms with Crippen LogP contribution >= 0.6 is 0 Å². The van der Waals surface area contributed by atoms with E-state index in [1.807, 2.05) is 50.2 Å². The lowest BCUT2D eigenvalue weighted by Crippen LogP contribution is -2.36. The van der Waals surface area contributed by atoms with Crippen LogP contribution in [0.2, 0.25) is 0 Å². The number of ether oxygens (including phenoxy) is 2. The van der Waals surface area contributed by atoms with Crippen molar-refractivity contribution < 1.29 is 14.3 Å². The number of aromatic nitrogens is 2. The van der Waals surface area contributed by atoms with E-state index >= 15 is 0 Å². The van der Waals surface area contributed by atoms with Crippen LogP contribution in [-0.4, -0.2) is 55.3 Å². The summed E-state index contributed by atoms with van der Waals surface area (Å²) in [5.41, 5.74) is 10.4. The first kappa shape index (κ1) is 24.3. The first-order valence-electron chi connectivity index (χ1n) is 11.8. The molecule has 3 aromatic rings. The number of benzene rings is 2. The maximum absolute atomic E-state index is 11.6. The van der Waals surface area contributed by atoms with E-state index in [9.17, 15) is 4.79 Å². The minimum atomic E-state index is -0.0546. The Kier molecular flexibility index (Phi) is 7.99. The fourth-order valence-electron chi connectivity index (χ4n) is 3.66. The second kappa shape index (κ2) is 11.5. The topological polar surface area (TPSA) is 115 Å². The molecular weight excluding hydrogens is 444 g/mol. The van der Waals surface area contributed by atoms with Crippen LogP contribution in [0.15, 0.2) is 54.7 Å². The number of hydrogen-bond acceptors (Lipinski definition) is 8. The summed E-state index contributed by atoms with van der Waals surface area (Å²) in [6, 6.07) is 15.6. The Labute approximate surface area is 205 Å². The van der Waals surface area contributed by atoms with Gasteiger partial charge in [0.1, 0.15) is 12.4 Å². The zero-order chi connectivity index (χ0) is 24.6. The van der Waals surface area contributed by atoms with Crippen molar-refractivity contribution in [3.63, 3.8) is 0 Å². The quantitative estimate of drug-likeness (QED) is 0.318. The molecule has 2 heterocycles. The van der Waals surface area contributed by atoms with Gasteiger partial charge in [0.25, 0.3) is 0 Å². The van der Waals surface area contributed by atoms with Gasteiger partial charge in [0, 0.05) is 42.1 Å². The van der Waals surface area contributed by atoms with E-state index in [0.717, 1.165) is 43.2 Å². The molecule has 184 valence electrons. The molecule has 1 aromatic heterocycles. The van der Waals surface area contributed by atoms with Gasteiger partial charge in [0.2, 0.25) is 11.9 Å². The molecular formula is C26H32N6O3. The van der Waals surface area contributed by atoms with Gasteiger partial charge in [-0.25, -0.2) is 9.97 Å². The Morgan fingerprint density at radius 2 is 1.91 bits per heavy atom. The first-order valence-corrected chi connectivity index (χ1v) is 11.8. The summed E-state index contributed by atoms with van der Waals surface area (Å²) in [6.07, 6.45) is 1.71. The smallest absolute Gasteiger partial charge is 0.227 e. The van der Waals surface area contributed by atoms with Gasteiger partial charge in [-0.3, -0.25) is 4.79 Å². The van der Waals surface area contributed by atoms with Crippen LogP contribution in [0.5, 0.6) is 5.75 Å². The van der Waals surface area contributed by atoms with Gasteiger partial charge in [0.15, 0.2) is 0 Å². The number of carbonyl (C=O) groups is 1. The molecule has 4 rings (SSSR count). The van der Waals surface area contributed by atoms with Crippen molar-refractivity contribution in [2.75, 3.05) is 55.4 Å². The second-order valence-corrected chi connectivity index (χ2v) is 8.58. The summed E-state index contributed by atoms with van der Waals surface area (Å²) in [5, 5.41) is 6.08. The SMILES string of the molecule is CC(C)C(=O)NCCOc1ccc(-c2ccnc(Nc3ccc(N4CCOCC4)cc3)n2)cc1N. The molecule has 1 fully saturated rings. The molecule has 9 heteroatoms. The van der Waals surface area contributed by atoms with Gasteiger partial charge in [-0.05, 0) is 48.5 Å². The number of morpholine rings is 1. The number of hydrogen-bond donors (Lipinski definition) is 3. The molecule has 0 bridgehead atoms. The Morgan fingerprint density at radius 3 is 2.63 bits per heavy atom. The van der Waals surface area contributed by atoms with Crippen LogP contribution in [0.4, 0.5) is 23.0 Å². The number of amides is 1. The van der Waals surface area contributed by atoms with Crippen LogP contribution in [-0.2, 0) is 9.53 Å². The van der Waals surface area contributed by atoms with Crippen molar-refractivity contribution in [2.45, 2.75) is 13.8 Å². The third-order valence-corrected chi connectivity index (χ3v) is 5.64. The van der Waals surface area contributed by atoms with Crippen molar-refractivity contribution >= 4 is 28.9 Å². The molecule has 0 spiro atoms. The standard InChI is InChI=1S/C26H32N6O3/c1-18(2)25(33)28-11-14-35-24-8-3-19(17-22(24)27)23-9-10-29-26(31-23)30-20-4-6-21(7-5-20)32-12-15-34-16-13-32/h3-10,17-18H,11-16,27H2,1-2H3,(H,28,33)(H,29,30,31). The maximum Gasteiger partial charge on any atom is 0.227 e. The van der Waals surface area contributed by atoms with Crippen molar-refractivity contribution in [2.24, 2.45) is 5.92 Å². The highest BCUT2D eigenvalue weighted by Gasteiger charge is 2.12. The molecule has 0 saturated carbocycles. The predicted molar refractivity (Wildman–Crippen MR) is 138 cm³/mol. The number of anilines is 4. The maximum atomic E-state index is 11.6. The molecule has 0 atom stereocenters. The van der Waals surface area contributed by atoms with E-state index in [1.54, 1.807) is 6.20 Å². The summed E-state index contributed by atoms with van der Waals surface area (Å²) >= 11 is 0. The lowest BCUT2D eigenvalue weighted by atomic mass is 10.1. The van der Waals surface area contributed by atoms with Crippen molar-refractivity contribution in [1.82, 2.24) is 15.3 Å². The Morgan fingerprint density at radius 1 is 1.14 bits per heavy atom. The van der Waals surface area contributed by atoms with Crippen molar-refractivity contribution in [1.29, 1.82) is 0 Å². The largest absolute Gasteiger partial charge is 0.490 e. The number of carbonyl (C=O) groups excluding carboxylic acids is 1. The number of rotatable bonds is 9. The van der Waals surface area contributed by atoms with E-state index in [0.29, 0.717) is 30.5 Å². The second-order valence-electron chi connectivity index (χ2n) is 8.58. The number of nitrogens with one attached hydrogen (secondary N) is 2. The minimum Gasteiger partial charge on any atom is -0.490 e. The fourth-order valence-corrected chi connectivity index (χ4v) is 3.66. The zero-order valence-electron chi connectivity index (χ0n) is 20.2. The average Bonchev–Trinajstić information content (AvgIpc) is 2.88. The summed E-state index contributed by atoms with van der Waals surface area (Å²) in [5.74, 6) is 1.01. The number of nitrogens with two attached hydrogens (primary N) is 1. The first-order chi connectivity index (χ1) is 17.0. The number of nitrogen functional groups attached to an aromatic ring is 1. The summed E-state index contributed by atoms with van der Waals surface area (Å²) in [7, 11) is 0. The lowest BCUT2D eigenvalue weighted by Gasteiger charge is -2.28. The van der Waals surface area contributed by atoms with Crippen molar-refractivity contribution in [3.05, 3.63) is 54.7 Å². The average molecular weight is 477 g/mol. The summed E-state index contributed by atoms with van der Waals surface area (Å²) in [6.45, 7) is 7.79. The molecule has 2 aromatic carbocycles. The van der Waals surface area contributed by atoms with Gasteiger partial charge in [0.05, 0.1) is 31.1 Å². The molecule has 4 N–H and O–H groups in total. The Balaban J connectivity index is 1.36. The molecule has 1 saturated heterocycles. The highest BCUT2D eigenvalue weighted by molar-refractivity contribution is 5.77. The minimum absolute atomic E-state index is 0.00172. The van der Waals surface area contributed by atoms with Gasteiger partial charge in [-0.2, -0.15) is 0 Å². The molecule has 1 amide bonds. The molecule has 0 aliphatic carbocycles.